The van der Waals surface area contributed by atoms with E-state index in [4.69, 9.17) is 36.9 Å². The molecule has 3 aromatic carbocycles. The van der Waals surface area contributed by atoms with Crippen molar-refractivity contribution in [2.45, 2.75) is 204 Å². The number of anilines is 3. The molecule has 9 aromatic rings. The van der Waals surface area contributed by atoms with Crippen LogP contribution in [0.25, 0.3) is 32.9 Å². The van der Waals surface area contributed by atoms with E-state index >= 15 is 0 Å². The average molecular weight is 1730 g/mol. The second-order valence-corrected chi connectivity index (χ2v) is 34.9. The first-order valence-corrected chi connectivity index (χ1v) is 45.1. The molecule has 5 aliphatic heterocycles. The van der Waals surface area contributed by atoms with Crippen LogP contribution in [-0.2, 0) is 72.7 Å². The summed E-state index contributed by atoms with van der Waals surface area (Å²) in [6.45, 7) is 41.1. The first kappa shape index (κ1) is 94.3. The van der Waals surface area contributed by atoms with Gasteiger partial charge in [0.25, 0.3) is 34.4 Å². The molecule has 0 saturated carbocycles. The van der Waals surface area contributed by atoms with E-state index in [1.165, 1.54) is 14.2 Å². The lowest BCUT2D eigenvalue weighted by Gasteiger charge is -2.37. The van der Waals surface area contributed by atoms with Crippen molar-refractivity contribution in [1.29, 1.82) is 0 Å². The van der Waals surface area contributed by atoms with Crippen LogP contribution in [0.2, 0.25) is 0 Å². The van der Waals surface area contributed by atoms with Crippen LogP contribution in [0.3, 0.4) is 0 Å². The quantitative estimate of drug-likeness (QED) is 0.0212. The first-order chi connectivity index (χ1) is 60.1. The van der Waals surface area contributed by atoms with Gasteiger partial charge in [-0.3, -0.25) is 43.5 Å². The SMILES string of the molecule is CCc1c(N(CC)C2CCOCC2)cc2oc(CN(C)C)cc2c1C(=O)NCc1c(OC)cc(C)[nH]c1=O.CCc1c(N(CC)C2CCOCC2)cc2oc(CN3CCN(C)CC3)cc2c1C(=O)NCc1c(OC)cc(C)[nH]c1=O.CCc1c(N(CC)C2CCOCC2)cc2oc(CN3CCN(CC(C)(C)O)CC3)cc2c1C(=O)NCc1c(C)cc(C)[nH]c1=O. The maximum atomic E-state index is 14.2. The van der Waals surface area contributed by atoms with Gasteiger partial charge in [-0.05, 0) is 200 Å². The number of furan rings is 3. The molecular formula is C96H136N14O15. The van der Waals surface area contributed by atoms with Crippen LogP contribution in [-0.4, -0.2) is 240 Å². The van der Waals surface area contributed by atoms with Gasteiger partial charge in [0.05, 0.1) is 80.4 Å². The largest absolute Gasteiger partial charge is 0.496 e. The Labute approximate surface area is 735 Å². The molecule has 125 heavy (non-hydrogen) atoms. The number of nitrogens with one attached hydrogen (secondary N) is 6. The van der Waals surface area contributed by atoms with Crippen molar-refractivity contribution in [2.24, 2.45) is 0 Å². The van der Waals surface area contributed by atoms with Gasteiger partial charge in [-0.2, -0.15) is 0 Å². The van der Waals surface area contributed by atoms with Gasteiger partial charge in [0, 0.05) is 217 Å². The number of likely N-dealkylation sites (N-methyl/N-ethyl adjacent to an activating group) is 1. The lowest BCUT2D eigenvalue weighted by atomic mass is 9.95. The van der Waals surface area contributed by atoms with E-state index in [1.54, 1.807) is 26.0 Å². The number of β-amino-alcohol motifs (C(OH)–C–C–N with tert-alkyl or cyclic N) is 1. The number of methoxy groups -OCH3 is 2. The molecule has 29 heteroatoms. The number of aryl methyl sites for hydroxylation is 4. The fraction of sp³-hybridized carbons (Fsp3) is 0.562. The number of ether oxygens (including phenoxy) is 5. The Morgan fingerprint density at radius 3 is 1.10 bits per heavy atom. The minimum Gasteiger partial charge on any atom is -0.496 e. The van der Waals surface area contributed by atoms with E-state index < -0.39 is 5.60 Å². The van der Waals surface area contributed by atoms with Crippen molar-refractivity contribution in [3.8, 4) is 11.5 Å². The molecule has 5 fully saturated rings. The van der Waals surface area contributed by atoms with Gasteiger partial charge < -0.3 is 97.4 Å². The number of aromatic amines is 3. The Kier molecular flexibility index (Phi) is 32.5. The summed E-state index contributed by atoms with van der Waals surface area (Å²) in [5.74, 6) is 2.72. The maximum absolute atomic E-state index is 14.2. The minimum absolute atomic E-state index is 0.0480. The molecule has 11 heterocycles. The fourth-order valence-corrected chi connectivity index (χ4v) is 18.9. The summed E-state index contributed by atoms with van der Waals surface area (Å²) in [6, 6.07) is 18.8. The summed E-state index contributed by atoms with van der Waals surface area (Å²) < 4.78 is 47.1. The molecule has 0 unspecified atom stereocenters. The molecule has 0 radical (unpaired) electrons. The fourth-order valence-electron chi connectivity index (χ4n) is 18.9. The van der Waals surface area contributed by atoms with Crippen LogP contribution in [0, 0.1) is 27.7 Å². The minimum atomic E-state index is -0.713. The standard InChI is InChI=1S/C35H51N5O5.C32H45N5O5.C29H40N4O5/c1-7-27-30(40(8-2)25-9-15-44-16-10-25)19-31-28(32(27)34(42)36-20-29-23(3)17-24(4)37-33(29)41)18-26(45-31)21-38-11-13-39(14-12-38)22-35(5,6)43;1-6-24-27(37(7-2)22-8-14-41-15-9-22)18-29-25(17-23(42-29)20-36-12-10-35(4)11-13-36)30(24)32(39)33-19-26-28(40-5)16-21(3)34-31(26)38;1-7-21-24(33(8-2)19-9-11-37-12-10-19)15-26-22(14-20(38-26)17-32(4)5)27(21)29(35)30-16-23-25(36-6)13-18(3)31-28(23)34/h17-19,25,43H,7-16,20-22H2,1-6H3,(H,36,42)(H,37,41);16-18,22H,6-15,19-20H2,1-5H3,(H,33,39)(H,34,38);13-15,19H,7-12,16-17H2,1-6H3,(H,30,35)(H,31,34). The topological polar surface area (TPSA) is 318 Å². The van der Waals surface area contributed by atoms with Crippen LogP contribution in [0.15, 0.2) is 82.2 Å². The van der Waals surface area contributed by atoms with E-state index in [9.17, 15) is 33.9 Å². The van der Waals surface area contributed by atoms with Gasteiger partial charge >= 0.3 is 0 Å². The zero-order valence-electron chi connectivity index (χ0n) is 77.0. The highest BCUT2D eigenvalue weighted by molar-refractivity contribution is 6.11. The molecule has 7 N–H and O–H groups in total. The number of carbonyl (C=O) groups is 3. The third-order valence-corrected chi connectivity index (χ3v) is 25.0. The van der Waals surface area contributed by atoms with Gasteiger partial charge in [-0.15, -0.1) is 0 Å². The third-order valence-electron chi connectivity index (χ3n) is 25.0. The highest BCUT2D eigenvalue weighted by atomic mass is 16.5. The monoisotopic (exact) mass is 1730 g/mol. The van der Waals surface area contributed by atoms with Crippen LogP contribution in [0.5, 0.6) is 11.5 Å². The Bertz CT molecular complexity index is 5370. The van der Waals surface area contributed by atoms with Crippen molar-refractivity contribution < 1.29 is 56.4 Å². The molecule has 0 bridgehead atoms. The van der Waals surface area contributed by atoms with E-state index in [1.807, 2.05) is 71.0 Å². The Morgan fingerprint density at radius 1 is 0.456 bits per heavy atom. The Hall–Kier alpha value is -9.82. The van der Waals surface area contributed by atoms with Gasteiger partial charge in [0.2, 0.25) is 0 Å². The molecule has 0 aliphatic carbocycles. The van der Waals surface area contributed by atoms with Crippen LogP contribution < -0.4 is 56.8 Å². The van der Waals surface area contributed by atoms with Crippen LogP contribution >= 0.6 is 0 Å². The lowest BCUT2D eigenvalue weighted by molar-refractivity contribution is 0.0158. The van der Waals surface area contributed by atoms with Crippen molar-refractivity contribution in [3.05, 3.63) is 176 Å². The van der Waals surface area contributed by atoms with E-state index in [0.717, 1.165) is 229 Å². The average Bonchev–Trinajstić information content (AvgIpc) is 1.65. The summed E-state index contributed by atoms with van der Waals surface area (Å²) in [5.41, 5.74) is 13.0. The van der Waals surface area contributed by atoms with E-state index in [2.05, 4.69) is 132 Å². The smallest absolute Gasteiger partial charge is 0.256 e. The summed E-state index contributed by atoms with van der Waals surface area (Å²) in [7, 11) is 9.18. The van der Waals surface area contributed by atoms with E-state index in [-0.39, 0.29) is 54.0 Å². The summed E-state index contributed by atoms with van der Waals surface area (Å²) in [6.07, 6.45) is 7.69. The van der Waals surface area contributed by atoms with Gasteiger partial charge in [-0.25, -0.2) is 0 Å². The first-order valence-electron chi connectivity index (χ1n) is 45.1. The molecule has 0 atom stereocenters. The predicted molar refractivity (Wildman–Crippen MR) is 492 cm³/mol. The molecule has 5 saturated heterocycles. The molecule has 3 amide bonds. The lowest BCUT2D eigenvalue weighted by Crippen LogP contribution is -2.50. The predicted octanol–water partition coefficient (Wildman–Crippen LogP) is 11.8. The highest BCUT2D eigenvalue weighted by Crippen LogP contribution is 2.41. The van der Waals surface area contributed by atoms with Crippen LogP contribution in [0.4, 0.5) is 17.1 Å². The van der Waals surface area contributed by atoms with Gasteiger partial charge in [-0.1, -0.05) is 20.8 Å². The number of rotatable bonds is 31. The van der Waals surface area contributed by atoms with Gasteiger partial charge in [0.15, 0.2) is 0 Å². The zero-order chi connectivity index (χ0) is 89.5. The summed E-state index contributed by atoms with van der Waals surface area (Å²) in [4.78, 5) is 107. The number of piperazine rings is 2. The van der Waals surface area contributed by atoms with Gasteiger partial charge in [0.1, 0.15) is 45.5 Å². The van der Waals surface area contributed by atoms with Crippen molar-refractivity contribution in [1.82, 2.24) is 55.4 Å². The molecule has 0 spiro atoms. The second kappa shape index (κ2) is 43.1. The number of hydrogen-bond acceptors (Lipinski definition) is 23. The number of carbonyl (C=O) groups excluding carboxylic acids is 3. The Morgan fingerprint density at radius 2 is 0.776 bits per heavy atom. The molecule has 5 aliphatic rings. The maximum Gasteiger partial charge on any atom is 0.256 e. The normalized spacial score (nSPS) is 16.3. The molecule has 29 nitrogen and oxygen atoms in total. The van der Waals surface area contributed by atoms with Crippen molar-refractivity contribution in [2.75, 3.05) is 168 Å². The molecule has 6 aromatic heterocycles. The molecule has 680 valence electrons. The second-order valence-electron chi connectivity index (χ2n) is 34.9. The number of amides is 3. The number of H-pyrrole nitrogens is 3. The zero-order valence-corrected chi connectivity index (χ0v) is 77.0. The number of pyridine rings is 3. The third kappa shape index (κ3) is 23.0. The number of fused-ring (bicyclic) bond motifs is 3. The summed E-state index contributed by atoms with van der Waals surface area (Å²) in [5, 5.41) is 21.8. The number of benzene rings is 3. The Balaban J connectivity index is 0.000000171. The van der Waals surface area contributed by atoms with Crippen molar-refractivity contribution in [3.63, 3.8) is 0 Å². The highest BCUT2D eigenvalue weighted by Gasteiger charge is 2.34. The molecule has 14 rings (SSSR count). The molecular weight excluding hydrogens is 1590 g/mol. The number of aromatic nitrogens is 3. The number of hydrogen-bond donors (Lipinski definition) is 7. The summed E-state index contributed by atoms with van der Waals surface area (Å²) >= 11 is 0. The van der Waals surface area contributed by atoms with Crippen LogP contribution in [0.1, 0.15) is 198 Å². The number of nitrogens with zero attached hydrogens (tertiary/aromatic N) is 8. The van der Waals surface area contributed by atoms with Crippen molar-refractivity contribution >= 4 is 67.7 Å². The number of aliphatic hydroxyl groups is 1. The van der Waals surface area contributed by atoms with E-state index in [0.29, 0.717) is 137 Å².